The van der Waals surface area contributed by atoms with Crippen LogP contribution in [0.1, 0.15) is 12.0 Å². The molecule has 0 bridgehead atoms. The number of phenolic OH excluding ortho intramolecular Hbond substituents is 1. The summed E-state index contributed by atoms with van der Waals surface area (Å²) in [5.74, 6) is 0.346. The van der Waals surface area contributed by atoms with Crippen molar-refractivity contribution in [3.8, 4) is 5.75 Å². The number of benzene rings is 1. The lowest BCUT2D eigenvalue weighted by Gasteiger charge is -2.18. The van der Waals surface area contributed by atoms with Crippen LogP contribution in [0.5, 0.6) is 5.75 Å². The van der Waals surface area contributed by atoms with Crippen molar-refractivity contribution in [1.29, 1.82) is 0 Å². The molecule has 0 spiro atoms. The van der Waals surface area contributed by atoms with Crippen LogP contribution >= 0.6 is 7.37 Å². The Labute approximate surface area is 112 Å². The zero-order chi connectivity index (χ0) is 13.9. The molecule has 1 aromatic rings. The van der Waals surface area contributed by atoms with Gasteiger partial charge in [0.05, 0.1) is 0 Å². The average Bonchev–Trinajstić information content (AvgIpc) is 2.34. The zero-order valence-electron chi connectivity index (χ0n) is 10.4. The molecule has 0 saturated heterocycles. The summed E-state index contributed by atoms with van der Waals surface area (Å²) in [5.41, 5.74) is 0.738. The molecule has 0 radical (unpaired) electrons. The Kier molecular flexibility index (Phi) is 4.13. The number of aromatic hydroxyl groups is 1. The Morgan fingerprint density at radius 2 is 1.89 bits per heavy atom. The van der Waals surface area contributed by atoms with Crippen molar-refractivity contribution in [3.05, 3.63) is 53.8 Å². The van der Waals surface area contributed by atoms with Crippen molar-refractivity contribution in [2.24, 2.45) is 5.92 Å². The molecular formula is C14H17O4P. The van der Waals surface area contributed by atoms with Gasteiger partial charge in [0.15, 0.2) is 0 Å². The second-order valence-electron chi connectivity index (χ2n) is 4.84. The summed E-state index contributed by atoms with van der Waals surface area (Å²) in [5, 5.41) is 18.4. The molecule has 2 rings (SSSR count). The smallest absolute Gasteiger partial charge is 0.205 e. The van der Waals surface area contributed by atoms with Gasteiger partial charge in [0.2, 0.25) is 7.37 Å². The standard InChI is InChI=1S/C14H17O4P/c15-13-5-1-11(2-6-13)9-19(17,18)10-12-3-7-14(16)8-4-12/h1-3,5-8,12,15-16H,4,9-10H2,(H,17,18)/t12-/m0/s1. The van der Waals surface area contributed by atoms with Gasteiger partial charge in [0.1, 0.15) is 11.5 Å². The third kappa shape index (κ3) is 4.27. The minimum absolute atomic E-state index is 0.0103. The number of hydrogen-bond donors (Lipinski definition) is 3. The summed E-state index contributed by atoms with van der Waals surface area (Å²) in [7, 11) is -3.26. The number of aliphatic hydroxyl groups excluding tert-OH is 1. The number of allylic oxidation sites excluding steroid dienone is 3. The Bertz CT molecular complexity index is 545. The van der Waals surface area contributed by atoms with Gasteiger partial charge in [-0.3, -0.25) is 4.57 Å². The van der Waals surface area contributed by atoms with Crippen LogP contribution < -0.4 is 0 Å². The van der Waals surface area contributed by atoms with Crippen molar-refractivity contribution in [3.63, 3.8) is 0 Å². The molecule has 0 aromatic heterocycles. The fourth-order valence-corrected chi connectivity index (χ4v) is 4.02. The van der Waals surface area contributed by atoms with E-state index in [2.05, 4.69) is 0 Å². The number of rotatable bonds is 4. The highest BCUT2D eigenvalue weighted by molar-refractivity contribution is 7.57. The molecule has 1 aliphatic rings. The van der Waals surface area contributed by atoms with Crippen molar-refractivity contribution in [2.75, 3.05) is 6.16 Å². The molecule has 0 saturated carbocycles. The molecule has 0 amide bonds. The summed E-state index contributed by atoms with van der Waals surface area (Å²) in [6, 6.07) is 6.33. The van der Waals surface area contributed by atoms with Crippen LogP contribution in [0.25, 0.3) is 0 Å². The van der Waals surface area contributed by atoms with Gasteiger partial charge in [-0.25, -0.2) is 0 Å². The Morgan fingerprint density at radius 3 is 2.47 bits per heavy atom. The second kappa shape index (κ2) is 5.64. The predicted octanol–water partition coefficient (Wildman–Crippen LogP) is 3.18. The highest BCUT2D eigenvalue weighted by atomic mass is 31.2. The van der Waals surface area contributed by atoms with E-state index >= 15 is 0 Å². The molecule has 0 aliphatic heterocycles. The van der Waals surface area contributed by atoms with Crippen molar-refractivity contribution < 1.29 is 19.7 Å². The van der Waals surface area contributed by atoms with Gasteiger partial charge in [-0.2, -0.15) is 0 Å². The van der Waals surface area contributed by atoms with E-state index in [9.17, 15) is 19.7 Å². The molecule has 5 heteroatoms. The summed E-state index contributed by atoms with van der Waals surface area (Å²) < 4.78 is 12.2. The van der Waals surface area contributed by atoms with Crippen molar-refractivity contribution >= 4 is 7.37 Å². The van der Waals surface area contributed by atoms with Gasteiger partial charge in [-0.15, -0.1) is 0 Å². The lowest BCUT2D eigenvalue weighted by Crippen LogP contribution is -2.07. The van der Waals surface area contributed by atoms with E-state index in [-0.39, 0.29) is 29.8 Å². The molecule has 19 heavy (non-hydrogen) atoms. The van der Waals surface area contributed by atoms with E-state index in [1.165, 1.54) is 12.1 Å². The van der Waals surface area contributed by atoms with Crippen LogP contribution in [0, 0.1) is 5.92 Å². The SMILES string of the molecule is O=P(O)(Cc1ccc(O)cc1)C[C@H]1C=CC(O)=CC1. The monoisotopic (exact) mass is 280 g/mol. The molecule has 0 heterocycles. The fraction of sp³-hybridized carbons (Fsp3) is 0.286. The molecular weight excluding hydrogens is 263 g/mol. The molecule has 4 nitrogen and oxygen atoms in total. The van der Waals surface area contributed by atoms with Crippen LogP contribution in [0.15, 0.2) is 48.3 Å². The maximum Gasteiger partial charge on any atom is 0.205 e. The van der Waals surface area contributed by atoms with E-state index < -0.39 is 7.37 Å². The van der Waals surface area contributed by atoms with E-state index in [1.54, 1.807) is 30.4 Å². The van der Waals surface area contributed by atoms with Gasteiger partial charge in [0, 0.05) is 12.3 Å². The highest BCUT2D eigenvalue weighted by Crippen LogP contribution is 2.47. The summed E-state index contributed by atoms with van der Waals surface area (Å²) in [6.07, 6.45) is 5.89. The van der Waals surface area contributed by atoms with E-state index in [4.69, 9.17) is 0 Å². The number of phenols is 1. The molecule has 1 aromatic carbocycles. The first-order valence-electron chi connectivity index (χ1n) is 6.11. The molecule has 1 unspecified atom stereocenters. The Balaban J connectivity index is 1.97. The summed E-state index contributed by atoms with van der Waals surface area (Å²) >= 11 is 0. The molecule has 0 fully saturated rings. The normalized spacial score (nSPS) is 21.7. The largest absolute Gasteiger partial charge is 0.508 e. The zero-order valence-corrected chi connectivity index (χ0v) is 11.3. The first-order chi connectivity index (χ1) is 8.94. The Hall–Kier alpha value is -1.51. The number of hydrogen-bond acceptors (Lipinski definition) is 3. The second-order valence-corrected chi connectivity index (χ2v) is 7.21. The van der Waals surface area contributed by atoms with Gasteiger partial charge in [0.25, 0.3) is 0 Å². The first-order valence-corrected chi connectivity index (χ1v) is 8.14. The van der Waals surface area contributed by atoms with Crippen molar-refractivity contribution in [2.45, 2.75) is 12.6 Å². The minimum Gasteiger partial charge on any atom is -0.508 e. The maximum absolute atomic E-state index is 12.2. The van der Waals surface area contributed by atoms with Crippen LogP contribution in [0.2, 0.25) is 0 Å². The van der Waals surface area contributed by atoms with E-state index in [0.717, 1.165) is 5.56 Å². The summed E-state index contributed by atoms with van der Waals surface area (Å²) in [6.45, 7) is 0. The van der Waals surface area contributed by atoms with Crippen LogP contribution in [0.3, 0.4) is 0 Å². The van der Waals surface area contributed by atoms with Crippen LogP contribution in [-0.4, -0.2) is 21.3 Å². The van der Waals surface area contributed by atoms with E-state index in [1.807, 2.05) is 0 Å². The molecule has 102 valence electrons. The van der Waals surface area contributed by atoms with Gasteiger partial charge >= 0.3 is 0 Å². The first kappa shape index (κ1) is 13.9. The Morgan fingerprint density at radius 1 is 1.21 bits per heavy atom. The highest BCUT2D eigenvalue weighted by Gasteiger charge is 2.24. The average molecular weight is 280 g/mol. The van der Waals surface area contributed by atoms with E-state index in [0.29, 0.717) is 6.42 Å². The van der Waals surface area contributed by atoms with Gasteiger partial charge in [-0.05, 0) is 42.2 Å². The van der Waals surface area contributed by atoms with Gasteiger partial charge < -0.3 is 15.1 Å². The van der Waals surface area contributed by atoms with Crippen LogP contribution in [-0.2, 0) is 10.7 Å². The molecule has 2 atom stereocenters. The molecule has 1 aliphatic carbocycles. The van der Waals surface area contributed by atoms with Gasteiger partial charge in [-0.1, -0.05) is 18.2 Å². The third-order valence-corrected chi connectivity index (χ3v) is 4.95. The van der Waals surface area contributed by atoms with Crippen molar-refractivity contribution in [1.82, 2.24) is 0 Å². The summed E-state index contributed by atoms with van der Waals surface area (Å²) in [4.78, 5) is 10.0. The minimum atomic E-state index is -3.26. The lowest BCUT2D eigenvalue weighted by molar-refractivity contribution is 0.420. The number of aliphatic hydroxyl groups is 1. The quantitative estimate of drug-likeness (QED) is 0.740. The fourth-order valence-electron chi connectivity index (χ4n) is 2.11. The maximum atomic E-state index is 12.2. The van der Waals surface area contributed by atoms with Crippen LogP contribution in [0.4, 0.5) is 0 Å². The molecule has 3 N–H and O–H groups in total. The topological polar surface area (TPSA) is 77.8 Å². The third-order valence-electron chi connectivity index (χ3n) is 3.05. The predicted molar refractivity (Wildman–Crippen MR) is 74.5 cm³/mol. The lowest BCUT2D eigenvalue weighted by atomic mass is 10.0.